The van der Waals surface area contributed by atoms with E-state index >= 15 is 0 Å². The molecule has 0 amide bonds. The van der Waals surface area contributed by atoms with E-state index in [4.69, 9.17) is 34.8 Å². The van der Waals surface area contributed by atoms with Gasteiger partial charge in [-0.3, -0.25) is 4.79 Å². The molecule has 0 bridgehead atoms. The van der Waals surface area contributed by atoms with Crippen molar-refractivity contribution >= 4 is 52.1 Å². The second kappa shape index (κ2) is 5.53. The highest BCUT2D eigenvalue weighted by atomic mass is 35.5. The third-order valence-electron chi connectivity index (χ3n) is 1.66. The minimum Gasteiger partial charge on any atom is -0.369 e. The third-order valence-corrected chi connectivity index (χ3v) is 2.46. The Bertz CT molecular complexity index is 421. The maximum absolute atomic E-state index is 10.9. The Kier molecular flexibility index (Phi) is 4.59. The molecule has 0 aliphatic rings. The summed E-state index contributed by atoms with van der Waals surface area (Å²) >= 11 is 17.2. The van der Waals surface area contributed by atoms with Crippen LogP contribution in [-0.2, 0) is 0 Å². The number of carbonyl (C=O) groups is 1. The highest BCUT2D eigenvalue weighted by Gasteiger charge is 2.10. The molecule has 86 valence electrons. The predicted octanol–water partition coefficient (Wildman–Crippen LogP) is 3.59. The number of aliphatic imine (C=N–C) groups is 1. The third kappa shape index (κ3) is 3.37. The number of rotatable bonds is 3. The highest BCUT2D eigenvalue weighted by molar-refractivity contribution is 6.68. The number of nitrogens with zero attached hydrogens (tertiary/aromatic N) is 2. The zero-order valence-corrected chi connectivity index (χ0v) is 10.9. The summed E-state index contributed by atoms with van der Waals surface area (Å²) in [6, 6.07) is 2.87. The Hall–Kier alpha value is -0.770. The average molecular weight is 280 g/mol. The molecule has 0 aliphatic carbocycles. The minimum absolute atomic E-state index is 0.250. The molecule has 0 unspecified atom stereocenters. The van der Waals surface area contributed by atoms with E-state index < -0.39 is 5.24 Å². The molecule has 0 spiro atoms. The molecular weight excluding hydrogens is 270 g/mol. The summed E-state index contributed by atoms with van der Waals surface area (Å²) in [7, 11) is 3.64. The van der Waals surface area contributed by atoms with Crippen LogP contribution in [0.4, 0.5) is 5.69 Å². The van der Waals surface area contributed by atoms with Crippen LogP contribution in [0.15, 0.2) is 17.1 Å². The molecule has 0 aromatic heterocycles. The summed E-state index contributed by atoms with van der Waals surface area (Å²) < 4.78 is 0. The Labute approximate surface area is 109 Å². The molecule has 0 saturated carbocycles. The van der Waals surface area contributed by atoms with Crippen LogP contribution in [0.25, 0.3) is 0 Å². The molecule has 0 heterocycles. The Morgan fingerprint density at radius 3 is 2.19 bits per heavy atom. The fraction of sp³-hybridized carbons (Fsp3) is 0.200. The van der Waals surface area contributed by atoms with Crippen molar-refractivity contribution in [2.24, 2.45) is 4.99 Å². The van der Waals surface area contributed by atoms with E-state index in [1.54, 1.807) is 11.2 Å². The van der Waals surface area contributed by atoms with E-state index in [1.807, 2.05) is 14.1 Å². The molecule has 0 radical (unpaired) electrons. The summed E-state index contributed by atoms with van der Waals surface area (Å²) in [5.74, 6) is 0. The van der Waals surface area contributed by atoms with Crippen molar-refractivity contribution in [1.82, 2.24) is 4.90 Å². The largest absolute Gasteiger partial charge is 0.369 e. The Morgan fingerprint density at radius 2 is 1.81 bits per heavy atom. The second-order valence-electron chi connectivity index (χ2n) is 3.27. The summed E-state index contributed by atoms with van der Waals surface area (Å²) in [6.07, 6.45) is 1.56. The standard InChI is InChI=1S/C10H9Cl3N2O/c1-15(2)5-14-9-7(11)3-6(10(13)16)4-8(9)12/h3-5H,1-2H3. The molecule has 1 rings (SSSR count). The van der Waals surface area contributed by atoms with Gasteiger partial charge < -0.3 is 4.90 Å². The number of hydrogen-bond donors (Lipinski definition) is 0. The van der Waals surface area contributed by atoms with Gasteiger partial charge in [0.25, 0.3) is 5.24 Å². The maximum atomic E-state index is 10.9. The van der Waals surface area contributed by atoms with E-state index in [9.17, 15) is 4.79 Å². The van der Waals surface area contributed by atoms with Gasteiger partial charge in [0, 0.05) is 19.7 Å². The lowest BCUT2D eigenvalue weighted by Crippen LogP contribution is -2.07. The highest BCUT2D eigenvalue weighted by Crippen LogP contribution is 2.34. The van der Waals surface area contributed by atoms with E-state index in [0.717, 1.165) is 0 Å². The SMILES string of the molecule is CN(C)C=Nc1c(Cl)cc(C(=O)Cl)cc1Cl. The topological polar surface area (TPSA) is 32.7 Å². The van der Waals surface area contributed by atoms with Gasteiger partial charge in [0.05, 0.1) is 16.4 Å². The van der Waals surface area contributed by atoms with Crippen LogP contribution in [0.3, 0.4) is 0 Å². The predicted molar refractivity (Wildman–Crippen MR) is 68.5 cm³/mol. The molecule has 0 saturated heterocycles. The number of hydrogen-bond acceptors (Lipinski definition) is 2. The van der Waals surface area contributed by atoms with Crippen LogP contribution in [0.2, 0.25) is 10.0 Å². The molecule has 16 heavy (non-hydrogen) atoms. The molecule has 1 aromatic carbocycles. The zero-order valence-electron chi connectivity index (χ0n) is 8.67. The quantitative estimate of drug-likeness (QED) is 0.481. The van der Waals surface area contributed by atoms with Crippen molar-refractivity contribution in [3.05, 3.63) is 27.7 Å². The maximum Gasteiger partial charge on any atom is 0.252 e. The lowest BCUT2D eigenvalue weighted by atomic mass is 10.2. The van der Waals surface area contributed by atoms with Gasteiger partial charge in [-0.15, -0.1) is 0 Å². The van der Waals surface area contributed by atoms with Gasteiger partial charge in [-0.1, -0.05) is 23.2 Å². The smallest absolute Gasteiger partial charge is 0.252 e. The first kappa shape index (κ1) is 13.3. The molecule has 6 heteroatoms. The van der Waals surface area contributed by atoms with Crippen LogP contribution in [0.5, 0.6) is 0 Å². The zero-order chi connectivity index (χ0) is 12.3. The Balaban J connectivity index is 3.18. The van der Waals surface area contributed by atoms with Crippen molar-refractivity contribution in [3.8, 4) is 0 Å². The molecule has 0 fully saturated rings. The first-order valence-corrected chi connectivity index (χ1v) is 5.44. The van der Waals surface area contributed by atoms with Gasteiger partial charge in [0.2, 0.25) is 0 Å². The van der Waals surface area contributed by atoms with Gasteiger partial charge in [-0.2, -0.15) is 0 Å². The van der Waals surface area contributed by atoms with Crippen molar-refractivity contribution in [2.45, 2.75) is 0 Å². The lowest BCUT2D eigenvalue weighted by Gasteiger charge is -2.06. The molecule has 0 aliphatic heterocycles. The normalized spacial score (nSPS) is 10.8. The van der Waals surface area contributed by atoms with Crippen molar-refractivity contribution in [2.75, 3.05) is 14.1 Å². The van der Waals surface area contributed by atoms with Crippen molar-refractivity contribution < 1.29 is 4.79 Å². The summed E-state index contributed by atoms with van der Waals surface area (Å²) in [6.45, 7) is 0. The monoisotopic (exact) mass is 278 g/mol. The molecule has 0 N–H and O–H groups in total. The molecule has 3 nitrogen and oxygen atoms in total. The van der Waals surface area contributed by atoms with Crippen LogP contribution in [0.1, 0.15) is 10.4 Å². The van der Waals surface area contributed by atoms with Crippen LogP contribution in [0, 0.1) is 0 Å². The van der Waals surface area contributed by atoms with Gasteiger partial charge in [0.1, 0.15) is 5.69 Å². The molecule has 0 atom stereocenters. The summed E-state index contributed by atoms with van der Waals surface area (Å²) in [4.78, 5) is 16.8. The number of carbonyl (C=O) groups excluding carboxylic acids is 1. The van der Waals surface area contributed by atoms with E-state index in [-0.39, 0.29) is 15.6 Å². The Morgan fingerprint density at radius 1 is 1.31 bits per heavy atom. The second-order valence-corrected chi connectivity index (χ2v) is 4.43. The first-order valence-electron chi connectivity index (χ1n) is 4.31. The van der Waals surface area contributed by atoms with Crippen molar-refractivity contribution in [3.63, 3.8) is 0 Å². The van der Waals surface area contributed by atoms with Gasteiger partial charge in [-0.05, 0) is 23.7 Å². The molecule has 1 aromatic rings. The van der Waals surface area contributed by atoms with Gasteiger partial charge >= 0.3 is 0 Å². The van der Waals surface area contributed by atoms with Crippen LogP contribution >= 0.6 is 34.8 Å². The minimum atomic E-state index is -0.605. The van der Waals surface area contributed by atoms with Gasteiger partial charge in [0.15, 0.2) is 0 Å². The molecular formula is C10H9Cl3N2O. The van der Waals surface area contributed by atoms with Crippen LogP contribution < -0.4 is 0 Å². The fourth-order valence-corrected chi connectivity index (χ4v) is 1.67. The number of halogens is 3. The number of benzene rings is 1. The van der Waals surface area contributed by atoms with E-state index in [0.29, 0.717) is 5.69 Å². The van der Waals surface area contributed by atoms with Crippen LogP contribution in [-0.4, -0.2) is 30.6 Å². The first-order chi connectivity index (χ1) is 7.41. The summed E-state index contributed by atoms with van der Waals surface area (Å²) in [5.41, 5.74) is 0.666. The van der Waals surface area contributed by atoms with E-state index in [1.165, 1.54) is 12.1 Å². The van der Waals surface area contributed by atoms with Crippen molar-refractivity contribution in [1.29, 1.82) is 0 Å². The average Bonchev–Trinajstić information content (AvgIpc) is 2.15. The van der Waals surface area contributed by atoms with E-state index in [2.05, 4.69) is 4.99 Å². The summed E-state index contributed by atoms with van der Waals surface area (Å²) in [5, 5.41) is -0.0314. The van der Waals surface area contributed by atoms with Gasteiger partial charge in [-0.25, -0.2) is 4.99 Å². The lowest BCUT2D eigenvalue weighted by molar-refractivity contribution is 0.108. The fourth-order valence-electron chi connectivity index (χ4n) is 0.976.